The molecule has 0 unspecified atom stereocenters. The highest BCUT2D eigenvalue weighted by molar-refractivity contribution is 5.82. The molecule has 9 heteroatoms. The molecule has 0 spiro atoms. The van der Waals surface area contributed by atoms with Gasteiger partial charge in [0.15, 0.2) is 0 Å². The molecule has 0 heterocycles. The molecule has 0 aliphatic rings. The Morgan fingerprint density at radius 3 is 1.77 bits per heavy atom. The quantitative estimate of drug-likeness (QED) is 0.0410. The van der Waals surface area contributed by atoms with E-state index in [4.69, 9.17) is 5.73 Å². The van der Waals surface area contributed by atoms with Crippen molar-refractivity contribution in [2.45, 2.75) is 19.3 Å². The Hall–Kier alpha value is -3.66. The first-order valence-corrected chi connectivity index (χ1v) is 15.8. The Bertz CT molecular complexity index is 1280. The number of nitrogen functional groups attached to an aromatic ring is 1. The van der Waals surface area contributed by atoms with Crippen LogP contribution in [-0.4, -0.2) is 115 Å². The molecule has 6 N–H and O–H groups in total. The number of rotatable bonds is 18. The van der Waals surface area contributed by atoms with Gasteiger partial charge in [0.1, 0.15) is 5.75 Å². The van der Waals surface area contributed by atoms with Crippen molar-refractivity contribution in [1.82, 2.24) is 4.90 Å². The zero-order chi connectivity index (χ0) is 32.3. The van der Waals surface area contributed by atoms with Crippen LogP contribution in [0.15, 0.2) is 60.7 Å². The van der Waals surface area contributed by atoms with Gasteiger partial charge in [-0.25, -0.2) is 0 Å². The van der Waals surface area contributed by atoms with Crippen molar-refractivity contribution in [3.63, 3.8) is 0 Å². The minimum Gasteiger partial charge on any atom is -0.506 e. The van der Waals surface area contributed by atoms with Crippen molar-refractivity contribution in [2.75, 3.05) is 122 Å². The maximum atomic E-state index is 10.7. The van der Waals surface area contributed by atoms with E-state index in [-0.39, 0.29) is 5.75 Å². The largest absolute Gasteiger partial charge is 0.506 e. The van der Waals surface area contributed by atoms with Gasteiger partial charge >= 0.3 is 0 Å². The first kappa shape index (κ1) is 34.8. The third-order valence-electron chi connectivity index (χ3n) is 7.47. The Labute approximate surface area is 266 Å². The molecular weight excluding hydrogens is 548 g/mol. The Kier molecular flexibility index (Phi) is 12.6. The number of benzene rings is 3. The van der Waals surface area contributed by atoms with Gasteiger partial charge in [0, 0.05) is 61.3 Å². The number of nitrogens with zero attached hydrogens (tertiary/aromatic N) is 4. The number of nitrogens with two attached hydrogens (primary N) is 1. The number of aromatic hydroxyl groups is 1. The van der Waals surface area contributed by atoms with Gasteiger partial charge in [-0.15, -0.1) is 0 Å². The molecule has 0 aliphatic heterocycles. The normalized spacial score (nSPS) is 11.9. The lowest BCUT2D eigenvalue weighted by molar-refractivity contribution is -0.870. The van der Waals surface area contributed by atoms with E-state index in [1.807, 2.05) is 18.2 Å². The molecule has 0 fully saturated rings. The first-order chi connectivity index (χ1) is 20.7. The summed E-state index contributed by atoms with van der Waals surface area (Å²) in [6.45, 7) is 6.31. The van der Waals surface area contributed by atoms with Gasteiger partial charge in [0.25, 0.3) is 0 Å². The molecule has 0 atom stereocenters. The van der Waals surface area contributed by atoms with Crippen molar-refractivity contribution in [2.24, 2.45) is 0 Å². The average Bonchev–Trinajstić information content (AvgIpc) is 2.93. The summed E-state index contributed by atoms with van der Waals surface area (Å²) in [6, 6.07) is 20.1. The van der Waals surface area contributed by atoms with Gasteiger partial charge in [-0.3, -0.25) is 0 Å². The molecule has 0 aliphatic carbocycles. The third kappa shape index (κ3) is 12.5. The maximum absolute atomic E-state index is 10.7. The summed E-state index contributed by atoms with van der Waals surface area (Å²) < 4.78 is 1.93. The molecule has 242 valence electrons. The van der Waals surface area contributed by atoms with Crippen LogP contribution in [0.3, 0.4) is 0 Å². The zero-order valence-corrected chi connectivity index (χ0v) is 28.5. The van der Waals surface area contributed by atoms with Crippen molar-refractivity contribution in [1.29, 1.82) is 0 Å². The summed E-state index contributed by atoms with van der Waals surface area (Å²) in [5.41, 5.74) is 12.2. The standard InChI is InChI=1S/C35H57N8O/c1-40(2)21-10-22-41(23-11-25-43(6,7)8)31-18-16-30(17-19-31)39-34-27-33(32(36)26-35(34)44)38-29-14-12-28(13-15-29)37-20-9-24-42(3,4)5/h12-19,26-27,37-39H,9-11,20-25,36H2,1-8H3/q+1/p+1. The van der Waals surface area contributed by atoms with Gasteiger partial charge < -0.3 is 45.6 Å². The van der Waals surface area contributed by atoms with Crippen LogP contribution < -0.4 is 26.6 Å². The van der Waals surface area contributed by atoms with Crippen LogP contribution in [0.4, 0.5) is 39.8 Å². The van der Waals surface area contributed by atoms with E-state index in [0.29, 0.717) is 11.4 Å². The highest BCUT2D eigenvalue weighted by Crippen LogP contribution is 2.36. The van der Waals surface area contributed by atoms with E-state index >= 15 is 0 Å². The molecule has 3 aromatic carbocycles. The van der Waals surface area contributed by atoms with E-state index in [9.17, 15) is 5.11 Å². The Morgan fingerprint density at radius 1 is 0.659 bits per heavy atom. The highest BCUT2D eigenvalue weighted by Gasteiger charge is 2.13. The molecule has 0 saturated carbocycles. The smallest absolute Gasteiger partial charge is 0.141 e. The van der Waals surface area contributed by atoms with Crippen LogP contribution >= 0.6 is 0 Å². The predicted molar refractivity (Wildman–Crippen MR) is 191 cm³/mol. The molecule has 0 saturated heterocycles. The summed E-state index contributed by atoms with van der Waals surface area (Å²) in [7, 11) is 17.6. The maximum Gasteiger partial charge on any atom is 0.141 e. The van der Waals surface area contributed by atoms with Gasteiger partial charge in [0.2, 0.25) is 0 Å². The van der Waals surface area contributed by atoms with Gasteiger partial charge in [-0.05, 0) is 81.7 Å². The minimum absolute atomic E-state index is 0.108. The van der Waals surface area contributed by atoms with E-state index in [1.54, 1.807) is 6.07 Å². The van der Waals surface area contributed by atoms with Crippen molar-refractivity contribution in [3.8, 4) is 5.75 Å². The number of phenols is 1. The van der Waals surface area contributed by atoms with Crippen LogP contribution in [0.2, 0.25) is 0 Å². The summed E-state index contributed by atoms with van der Waals surface area (Å²) in [5, 5.41) is 21.0. The SMILES string of the molecule is CN(C)CCCN(CCC[N+](C)(C)C)c1ccc(Nc2cc(Nc3ccc(NCCC[N+](C)(C)C)cc3)c(N)cc2O)cc1. The van der Waals surface area contributed by atoms with E-state index in [0.717, 1.165) is 90.2 Å². The Balaban J connectivity index is 1.64. The van der Waals surface area contributed by atoms with Gasteiger partial charge in [-0.2, -0.15) is 0 Å². The topological polar surface area (TPSA) is 88.8 Å². The van der Waals surface area contributed by atoms with Gasteiger partial charge in [0.05, 0.1) is 72.4 Å². The molecule has 0 bridgehead atoms. The van der Waals surface area contributed by atoms with E-state index < -0.39 is 0 Å². The first-order valence-electron chi connectivity index (χ1n) is 15.8. The molecule has 44 heavy (non-hydrogen) atoms. The fraction of sp³-hybridized carbons (Fsp3) is 0.486. The Morgan fingerprint density at radius 2 is 1.18 bits per heavy atom. The second kappa shape index (κ2) is 15.9. The number of phenolic OH excluding ortho intramolecular Hbond substituents is 1. The number of hydrogen-bond acceptors (Lipinski definition) is 7. The molecule has 3 aromatic rings. The minimum atomic E-state index is 0.108. The molecule has 0 radical (unpaired) electrons. The summed E-state index contributed by atoms with van der Waals surface area (Å²) >= 11 is 0. The van der Waals surface area contributed by atoms with Crippen molar-refractivity contribution >= 4 is 39.8 Å². The lowest BCUT2D eigenvalue weighted by Gasteiger charge is -2.29. The van der Waals surface area contributed by atoms with E-state index in [1.165, 1.54) is 5.69 Å². The second-order valence-electron chi connectivity index (χ2n) is 14.1. The molecule has 9 nitrogen and oxygen atoms in total. The highest BCUT2D eigenvalue weighted by atomic mass is 16.3. The molecule has 0 aromatic heterocycles. The third-order valence-corrected chi connectivity index (χ3v) is 7.47. The number of hydrogen-bond donors (Lipinski definition) is 5. The van der Waals surface area contributed by atoms with Crippen molar-refractivity contribution < 1.29 is 14.1 Å². The number of quaternary nitrogens is 2. The van der Waals surface area contributed by atoms with Crippen LogP contribution in [0, 0.1) is 0 Å². The number of anilines is 7. The summed E-state index contributed by atoms with van der Waals surface area (Å²) in [6.07, 6.45) is 3.36. The molecule has 0 amide bonds. The lowest BCUT2D eigenvalue weighted by Crippen LogP contribution is -2.38. The summed E-state index contributed by atoms with van der Waals surface area (Å²) in [4.78, 5) is 4.72. The van der Waals surface area contributed by atoms with Crippen LogP contribution in [-0.2, 0) is 0 Å². The zero-order valence-electron chi connectivity index (χ0n) is 28.5. The monoisotopic (exact) mass is 606 g/mol. The van der Waals surface area contributed by atoms with Crippen LogP contribution in [0.1, 0.15) is 19.3 Å². The van der Waals surface area contributed by atoms with Gasteiger partial charge in [-0.1, -0.05) is 0 Å². The van der Waals surface area contributed by atoms with Crippen molar-refractivity contribution in [3.05, 3.63) is 60.7 Å². The van der Waals surface area contributed by atoms with Crippen LogP contribution in [0.5, 0.6) is 5.75 Å². The second-order valence-corrected chi connectivity index (χ2v) is 14.1. The molecule has 3 rings (SSSR count). The number of nitrogens with one attached hydrogen (secondary N) is 3. The lowest BCUT2D eigenvalue weighted by atomic mass is 10.2. The summed E-state index contributed by atoms with van der Waals surface area (Å²) in [5.74, 6) is 0.108. The average molecular weight is 607 g/mol. The predicted octanol–water partition coefficient (Wildman–Crippen LogP) is 5.82. The fourth-order valence-electron chi connectivity index (χ4n) is 5.02. The van der Waals surface area contributed by atoms with E-state index in [2.05, 4.69) is 119 Å². The van der Waals surface area contributed by atoms with Crippen LogP contribution in [0.25, 0.3) is 0 Å². The fourth-order valence-corrected chi connectivity index (χ4v) is 5.02. The molecular formula is C35H58N8O+2.